The molecule has 32 heavy (non-hydrogen) atoms. The lowest BCUT2D eigenvalue weighted by Crippen LogP contribution is -2.36. The van der Waals surface area contributed by atoms with Gasteiger partial charge in [-0.15, -0.1) is 0 Å². The summed E-state index contributed by atoms with van der Waals surface area (Å²) < 4.78 is 25.0. The molecule has 0 amide bonds. The van der Waals surface area contributed by atoms with E-state index < -0.39 is 5.97 Å². The molecule has 2 N–H and O–H groups in total. The number of aromatic amines is 2. The minimum atomic E-state index is -0.635. The number of pyridine rings is 1. The van der Waals surface area contributed by atoms with Gasteiger partial charge in [0.2, 0.25) is 0 Å². The Morgan fingerprint density at radius 3 is 2.56 bits per heavy atom. The molecule has 1 unspecified atom stereocenters. The number of rotatable bonds is 2. The second kappa shape index (κ2) is 8.46. The number of hydrogen-bond acceptors (Lipinski definition) is 5. The van der Waals surface area contributed by atoms with Crippen LogP contribution < -0.4 is 0 Å². The Labute approximate surface area is 186 Å². The minimum Gasteiger partial charge on any atom is -0.345 e. The highest BCUT2D eigenvalue weighted by atomic mass is 35.5. The summed E-state index contributed by atoms with van der Waals surface area (Å²) in [5.74, 6) is 0.397. The summed E-state index contributed by atoms with van der Waals surface area (Å²) in [5.41, 5.74) is 1.93. The minimum absolute atomic E-state index is 0.137. The van der Waals surface area contributed by atoms with Gasteiger partial charge in [0, 0.05) is 40.3 Å². The Bertz CT molecular complexity index is 1280. The van der Waals surface area contributed by atoms with Crippen LogP contribution in [0, 0.1) is 23.6 Å². The summed E-state index contributed by atoms with van der Waals surface area (Å²) in [6, 6.07) is 1.79. The third-order valence-electron chi connectivity index (χ3n) is 6.55. The number of hydrogen-bond donors (Lipinski definition) is 2. The molecule has 0 spiro atoms. The molecule has 3 fully saturated rings. The second-order valence-electron chi connectivity index (χ2n) is 8.36. The smallest absolute Gasteiger partial charge is 0.345 e. The maximum Gasteiger partial charge on any atom is 0.352 e. The Balaban J connectivity index is 0.000000154. The summed E-state index contributed by atoms with van der Waals surface area (Å²) in [7, 11) is 0. The fourth-order valence-electron chi connectivity index (χ4n) is 4.89. The zero-order chi connectivity index (χ0) is 22.2. The molecule has 7 rings (SSSR count). The lowest BCUT2D eigenvalue weighted by molar-refractivity contribution is -0.194. The predicted octanol–water partition coefficient (Wildman–Crippen LogP) is 5.53. The predicted molar refractivity (Wildman–Crippen MR) is 115 cm³/mol. The SMILES string of the molecule is Fc1c[nH]c2nc(-c3c[nH]c4ncc(Cl)cc34)ncc12.O=C(OF)C1CC2CCC1CC2. The van der Waals surface area contributed by atoms with Gasteiger partial charge < -0.3 is 9.97 Å². The van der Waals surface area contributed by atoms with Gasteiger partial charge in [0.25, 0.3) is 0 Å². The van der Waals surface area contributed by atoms with E-state index in [9.17, 15) is 13.7 Å². The maximum absolute atomic E-state index is 13.4. The van der Waals surface area contributed by atoms with Gasteiger partial charge in [0.15, 0.2) is 11.6 Å². The molecular formula is C22H20ClF2N5O2. The molecule has 166 valence electrons. The summed E-state index contributed by atoms with van der Waals surface area (Å²) in [4.78, 5) is 32.8. The van der Waals surface area contributed by atoms with Gasteiger partial charge in [-0.1, -0.05) is 24.4 Å². The maximum atomic E-state index is 13.4. The number of fused-ring (bicyclic) bond motifs is 5. The lowest BCUT2D eigenvalue weighted by Gasteiger charge is -2.40. The van der Waals surface area contributed by atoms with Gasteiger partial charge in [0.05, 0.1) is 16.3 Å². The largest absolute Gasteiger partial charge is 0.352 e. The normalized spacial score (nSPS) is 22.0. The standard InChI is InChI=1S/C13H7ClFN5.C9H13FO2/c14-6-1-7-8(3-17-11(7)16-2-6)12-18-4-9-10(15)5-19-13(9)20-12;10-12-9(11)8-5-6-1-3-7(8)4-2-6/h1-5H,(H,16,17)(H,18,19,20);6-8H,1-5H2. The van der Waals surface area contributed by atoms with Crippen LogP contribution in [0.2, 0.25) is 5.02 Å². The van der Waals surface area contributed by atoms with Gasteiger partial charge in [-0.05, 0) is 37.2 Å². The van der Waals surface area contributed by atoms with Crippen molar-refractivity contribution in [2.24, 2.45) is 17.8 Å². The van der Waals surface area contributed by atoms with Crippen LogP contribution in [0.3, 0.4) is 0 Å². The Hall–Kier alpha value is -3.07. The first-order valence-electron chi connectivity index (χ1n) is 10.5. The van der Waals surface area contributed by atoms with E-state index in [1.54, 1.807) is 18.5 Å². The van der Waals surface area contributed by atoms with Gasteiger partial charge in [-0.25, -0.2) is 24.1 Å². The van der Waals surface area contributed by atoms with Crippen LogP contribution in [-0.4, -0.2) is 30.9 Å². The number of carbonyl (C=O) groups is 1. The third kappa shape index (κ3) is 3.81. The number of H-pyrrole nitrogens is 2. The summed E-state index contributed by atoms with van der Waals surface area (Å²) in [5, 5.41) is 1.72. The highest BCUT2D eigenvalue weighted by molar-refractivity contribution is 6.31. The third-order valence-corrected chi connectivity index (χ3v) is 6.75. The summed E-state index contributed by atoms with van der Waals surface area (Å²) in [6.45, 7) is 0. The second-order valence-corrected chi connectivity index (χ2v) is 8.80. The molecule has 3 aliphatic carbocycles. The average molecular weight is 460 g/mol. The van der Waals surface area contributed by atoms with Gasteiger partial charge >= 0.3 is 5.97 Å². The molecule has 1 atom stereocenters. The van der Waals surface area contributed by atoms with Crippen LogP contribution in [0.5, 0.6) is 0 Å². The first-order valence-corrected chi connectivity index (χ1v) is 10.9. The molecule has 0 saturated heterocycles. The van der Waals surface area contributed by atoms with E-state index in [0.717, 1.165) is 30.2 Å². The van der Waals surface area contributed by atoms with Crippen molar-refractivity contribution in [3.63, 3.8) is 0 Å². The first-order chi connectivity index (χ1) is 15.5. The Morgan fingerprint density at radius 1 is 1.06 bits per heavy atom. The van der Waals surface area contributed by atoms with Crippen molar-refractivity contribution < 1.29 is 18.7 Å². The number of nitrogens with one attached hydrogen (secondary N) is 2. The Morgan fingerprint density at radius 2 is 1.84 bits per heavy atom. The summed E-state index contributed by atoms with van der Waals surface area (Å²) in [6.07, 6.45) is 11.5. The van der Waals surface area contributed by atoms with Crippen LogP contribution in [0.25, 0.3) is 33.5 Å². The van der Waals surface area contributed by atoms with Crippen LogP contribution >= 0.6 is 11.6 Å². The molecule has 4 aromatic heterocycles. The van der Waals surface area contributed by atoms with Gasteiger partial charge in [0.1, 0.15) is 11.3 Å². The van der Waals surface area contributed by atoms with Crippen LogP contribution in [0.15, 0.2) is 30.9 Å². The number of halogens is 3. The van der Waals surface area contributed by atoms with E-state index in [0.29, 0.717) is 39.4 Å². The van der Waals surface area contributed by atoms with Crippen molar-refractivity contribution in [3.8, 4) is 11.4 Å². The van der Waals surface area contributed by atoms with E-state index in [2.05, 4.69) is 29.9 Å². The van der Waals surface area contributed by atoms with Crippen molar-refractivity contribution in [1.82, 2.24) is 24.9 Å². The molecule has 3 saturated carbocycles. The van der Waals surface area contributed by atoms with Crippen molar-refractivity contribution in [1.29, 1.82) is 0 Å². The topological polar surface area (TPSA) is 96.5 Å². The van der Waals surface area contributed by atoms with E-state index in [1.165, 1.54) is 25.2 Å². The monoisotopic (exact) mass is 459 g/mol. The summed E-state index contributed by atoms with van der Waals surface area (Å²) >= 11 is 5.96. The highest BCUT2D eigenvalue weighted by Crippen LogP contribution is 2.45. The molecule has 10 heteroatoms. The van der Waals surface area contributed by atoms with E-state index >= 15 is 0 Å². The molecule has 0 aromatic carbocycles. The molecule has 3 aliphatic rings. The van der Waals surface area contributed by atoms with Crippen molar-refractivity contribution in [2.45, 2.75) is 32.1 Å². The quantitative estimate of drug-likeness (QED) is 0.410. The zero-order valence-corrected chi connectivity index (χ0v) is 17.7. The van der Waals surface area contributed by atoms with E-state index in [4.69, 9.17) is 11.6 Å². The van der Waals surface area contributed by atoms with Crippen LogP contribution in [0.4, 0.5) is 8.92 Å². The number of carbonyl (C=O) groups excluding carboxylic acids is 1. The van der Waals surface area contributed by atoms with Gasteiger partial charge in [-0.3, -0.25) is 4.94 Å². The highest BCUT2D eigenvalue weighted by Gasteiger charge is 2.40. The average Bonchev–Trinajstić information content (AvgIpc) is 3.42. The molecular weight excluding hydrogens is 440 g/mol. The molecule has 4 heterocycles. The molecule has 4 aromatic rings. The lowest BCUT2D eigenvalue weighted by atomic mass is 9.65. The fraction of sp³-hybridized carbons (Fsp3) is 0.364. The number of aromatic nitrogens is 5. The van der Waals surface area contributed by atoms with Crippen molar-refractivity contribution in [2.75, 3.05) is 0 Å². The van der Waals surface area contributed by atoms with Gasteiger partial charge in [-0.2, -0.15) is 0 Å². The number of nitrogens with zero attached hydrogens (tertiary/aromatic N) is 3. The zero-order valence-electron chi connectivity index (χ0n) is 16.9. The molecule has 7 nitrogen and oxygen atoms in total. The Kier molecular flexibility index (Phi) is 5.50. The van der Waals surface area contributed by atoms with Crippen molar-refractivity contribution in [3.05, 3.63) is 41.7 Å². The van der Waals surface area contributed by atoms with Crippen LogP contribution in [-0.2, 0) is 9.74 Å². The van der Waals surface area contributed by atoms with E-state index in [1.807, 2.05) is 0 Å². The fourth-order valence-corrected chi connectivity index (χ4v) is 5.05. The molecule has 2 bridgehead atoms. The molecule has 0 aliphatic heterocycles. The van der Waals surface area contributed by atoms with E-state index in [-0.39, 0.29) is 11.7 Å². The van der Waals surface area contributed by atoms with Crippen LogP contribution in [0.1, 0.15) is 32.1 Å². The van der Waals surface area contributed by atoms with Crippen molar-refractivity contribution >= 4 is 39.6 Å². The molecule has 0 radical (unpaired) electrons. The first kappa shape index (κ1) is 20.8.